The lowest BCUT2D eigenvalue weighted by atomic mass is 9.72. The molecule has 1 atom stereocenters. The number of rotatable bonds is 8. The van der Waals surface area contributed by atoms with Gasteiger partial charge < -0.3 is 5.11 Å². The highest BCUT2D eigenvalue weighted by molar-refractivity contribution is 5.70. The molecule has 0 aromatic heterocycles. The van der Waals surface area contributed by atoms with Crippen LogP contribution in [0, 0.1) is 11.3 Å². The van der Waals surface area contributed by atoms with Crippen LogP contribution in [-0.2, 0) is 4.79 Å². The van der Waals surface area contributed by atoms with Gasteiger partial charge in [-0.15, -0.1) is 0 Å². The normalized spacial score (nSPS) is 20.2. The van der Waals surface area contributed by atoms with Gasteiger partial charge in [0.25, 0.3) is 0 Å². The molecule has 0 radical (unpaired) electrons. The van der Waals surface area contributed by atoms with E-state index in [0.717, 1.165) is 5.57 Å². The predicted octanol–water partition coefficient (Wildman–Crippen LogP) is 7.02. The molecule has 1 aliphatic rings. The van der Waals surface area contributed by atoms with E-state index in [4.69, 9.17) is 5.11 Å². The van der Waals surface area contributed by atoms with E-state index in [1.54, 1.807) is 0 Å². The molecule has 1 unspecified atom stereocenters. The number of carboxylic acids is 1. The Kier molecular flexibility index (Phi) is 8.84. The predicted molar refractivity (Wildman–Crippen MR) is 112 cm³/mol. The van der Waals surface area contributed by atoms with E-state index in [9.17, 15) is 4.79 Å². The minimum atomic E-state index is -0.711. The van der Waals surface area contributed by atoms with Crippen molar-refractivity contribution in [3.8, 4) is 0 Å². The molecule has 0 heterocycles. The topological polar surface area (TPSA) is 37.3 Å². The molecule has 2 nitrogen and oxygen atoms in total. The maximum atomic E-state index is 11.0. The lowest BCUT2D eigenvalue weighted by Crippen LogP contribution is -2.19. The van der Waals surface area contributed by atoms with Crippen molar-refractivity contribution in [3.05, 3.63) is 58.7 Å². The number of carbonyl (C=O) groups is 1. The maximum Gasteiger partial charge on any atom is 0.306 e. The summed E-state index contributed by atoms with van der Waals surface area (Å²) in [6.07, 6.45) is 17.7. The van der Waals surface area contributed by atoms with Gasteiger partial charge in [0.15, 0.2) is 0 Å². The SMILES string of the molecule is CCC(CC=C(C)C=CC=C(C)C=CC1=C(C)CCCC1(C)C)C(=O)O. The Labute approximate surface area is 160 Å². The van der Waals surface area contributed by atoms with Crippen molar-refractivity contribution in [3.63, 3.8) is 0 Å². The molecule has 1 rings (SSSR count). The molecule has 0 bridgehead atoms. The second-order valence-electron chi connectivity index (χ2n) is 8.16. The minimum absolute atomic E-state index is 0.272. The fraction of sp³-hybridized carbons (Fsp3) is 0.542. The molecule has 0 saturated heterocycles. The molecular weight excluding hydrogens is 320 g/mol. The van der Waals surface area contributed by atoms with Gasteiger partial charge in [-0.3, -0.25) is 4.79 Å². The van der Waals surface area contributed by atoms with Crippen LogP contribution in [0.5, 0.6) is 0 Å². The summed E-state index contributed by atoms with van der Waals surface area (Å²) >= 11 is 0. The smallest absolute Gasteiger partial charge is 0.306 e. The standard InChI is InChI=1S/C24H36O2/c1-7-21(23(25)26)15-13-18(2)10-8-11-19(3)14-16-22-20(4)12-9-17-24(22,5)6/h8,10-11,13-14,16,21H,7,9,12,15,17H2,1-6H3,(H,25,26). The largest absolute Gasteiger partial charge is 0.481 e. The highest BCUT2D eigenvalue weighted by Crippen LogP contribution is 2.40. The monoisotopic (exact) mass is 356 g/mol. The van der Waals surface area contributed by atoms with Crippen molar-refractivity contribution in [1.82, 2.24) is 0 Å². The van der Waals surface area contributed by atoms with Gasteiger partial charge in [0, 0.05) is 0 Å². The van der Waals surface area contributed by atoms with Gasteiger partial charge in [-0.1, -0.05) is 73.9 Å². The molecule has 144 valence electrons. The quantitative estimate of drug-likeness (QED) is 0.474. The van der Waals surface area contributed by atoms with Crippen LogP contribution in [-0.4, -0.2) is 11.1 Å². The number of aliphatic carboxylic acids is 1. The molecule has 0 aromatic carbocycles. The summed E-state index contributed by atoms with van der Waals surface area (Å²) in [6, 6.07) is 0. The average molecular weight is 357 g/mol. The van der Waals surface area contributed by atoms with Gasteiger partial charge in [0.1, 0.15) is 0 Å². The summed E-state index contributed by atoms with van der Waals surface area (Å²) in [6.45, 7) is 13.0. The Morgan fingerprint density at radius 1 is 1.23 bits per heavy atom. The van der Waals surface area contributed by atoms with E-state index >= 15 is 0 Å². The maximum absolute atomic E-state index is 11.0. The van der Waals surface area contributed by atoms with Gasteiger partial charge in [-0.25, -0.2) is 0 Å². The number of hydrogen-bond acceptors (Lipinski definition) is 1. The third kappa shape index (κ3) is 7.19. The Bertz CT molecular complexity index is 639. The summed E-state index contributed by atoms with van der Waals surface area (Å²) in [5.41, 5.74) is 5.59. The molecule has 0 fully saturated rings. The van der Waals surface area contributed by atoms with Crippen LogP contribution in [0.25, 0.3) is 0 Å². The summed E-state index contributed by atoms with van der Waals surface area (Å²) in [5.74, 6) is -0.995. The third-order valence-corrected chi connectivity index (χ3v) is 5.34. The first-order valence-corrected chi connectivity index (χ1v) is 9.80. The van der Waals surface area contributed by atoms with E-state index < -0.39 is 5.97 Å². The summed E-state index contributed by atoms with van der Waals surface area (Å²) in [5, 5.41) is 9.09. The molecule has 2 heteroatoms. The van der Waals surface area contributed by atoms with E-state index in [0.29, 0.717) is 12.8 Å². The van der Waals surface area contributed by atoms with E-state index in [1.165, 1.54) is 36.0 Å². The van der Waals surface area contributed by atoms with Gasteiger partial charge in [0.05, 0.1) is 5.92 Å². The summed E-state index contributed by atoms with van der Waals surface area (Å²) < 4.78 is 0. The summed E-state index contributed by atoms with van der Waals surface area (Å²) in [7, 11) is 0. The Hall–Kier alpha value is -1.83. The number of carboxylic acid groups (broad SMARTS) is 1. The zero-order valence-corrected chi connectivity index (χ0v) is 17.4. The van der Waals surface area contributed by atoms with E-state index in [-0.39, 0.29) is 11.3 Å². The highest BCUT2D eigenvalue weighted by Gasteiger charge is 2.26. The van der Waals surface area contributed by atoms with Crippen LogP contribution >= 0.6 is 0 Å². The lowest BCUT2D eigenvalue weighted by Gasteiger charge is -2.32. The average Bonchev–Trinajstić information content (AvgIpc) is 2.54. The zero-order valence-electron chi connectivity index (χ0n) is 17.4. The number of allylic oxidation sites excluding steroid dienone is 10. The number of hydrogen-bond donors (Lipinski definition) is 1. The Balaban J connectivity index is 2.70. The van der Waals surface area contributed by atoms with Crippen LogP contribution in [0.4, 0.5) is 0 Å². The highest BCUT2D eigenvalue weighted by atomic mass is 16.4. The lowest BCUT2D eigenvalue weighted by molar-refractivity contribution is -0.141. The fourth-order valence-electron chi connectivity index (χ4n) is 3.47. The van der Waals surface area contributed by atoms with Gasteiger partial charge in [0.2, 0.25) is 0 Å². The zero-order chi connectivity index (χ0) is 19.7. The van der Waals surface area contributed by atoms with Crippen molar-refractivity contribution in [2.75, 3.05) is 0 Å². The van der Waals surface area contributed by atoms with Crippen molar-refractivity contribution in [2.45, 2.75) is 73.6 Å². The van der Waals surface area contributed by atoms with Crippen molar-refractivity contribution >= 4 is 5.97 Å². The van der Waals surface area contributed by atoms with Crippen molar-refractivity contribution < 1.29 is 9.90 Å². The third-order valence-electron chi connectivity index (χ3n) is 5.34. The molecule has 0 amide bonds. The molecule has 0 aliphatic heterocycles. The van der Waals surface area contributed by atoms with Gasteiger partial charge in [-0.05, 0) is 63.9 Å². The molecule has 1 N–H and O–H groups in total. The van der Waals surface area contributed by atoms with Crippen LogP contribution < -0.4 is 0 Å². The van der Waals surface area contributed by atoms with Crippen LogP contribution in [0.3, 0.4) is 0 Å². The first-order chi connectivity index (χ1) is 12.2. The first-order valence-electron chi connectivity index (χ1n) is 9.80. The van der Waals surface area contributed by atoms with Crippen LogP contribution in [0.1, 0.15) is 73.6 Å². The molecular formula is C24H36O2. The minimum Gasteiger partial charge on any atom is -0.481 e. The van der Waals surface area contributed by atoms with E-state index in [2.05, 4.69) is 45.9 Å². The van der Waals surface area contributed by atoms with Gasteiger partial charge >= 0.3 is 5.97 Å². The molecule has 0 aromatic rings. The van der Waals surface area contributed by atoms with Crippen LogP contribution in [0.15, 0.2) is 58.7 Å². The molecule has 26 heavy (non-hydrogen) atoms. The molecule has 0 spiro atoms. The van der Waals surface area contributed by atoms with Gasteiger partial charge in [-0.2, -0.15) is 0 Å². The van der Waals surface area contributed by atoms with Crippen molar-refractivity contribution in [2.24, 2.45) is 11.3 Å². The fourth-order valence-corrected chi connectivity index (χ4v) is 3.47. The van der Waals surface area contributed by atoms with Crippen molar-refractivity contribution in [1.29, 1.82) is 0 Å². The Morgan fingerprint density at radius 2 is 1.92 bits per heavy atom. The first kappa shape index (κ1) is 22.2. The Morgan fingerprint density at radius 3 is 2.50 bits per heavy atom. The summed E-state index contributed by atoms with van der Waals surface area (Å²) in [4.78, 5) is 11.0. The molecule has 1 aliphatic carbocycles. The second-order valence-corrected chi connectivity index (χ2v) is 8.16. The van der Waals surface area contributed by atoms with E-state index in [1.807, 2.05) is 32.1 Å². The second kappa shape index (κ2) is 10.4. The van der Waals surface area contributed by atoms with Crippen LogP contribution in [0.2, 0.25) is 0 Å². The molecule has 0 saturated carbocycles.